The molecule has 0 aliphatic carbocycles. The number of aromatic nitrogens is 1. The van der Waals surface area contributed by atoms with Crippen molar-refractivity contribution in [2.75, 3.05) is 26.2 Å². The molecule has 17 heavy (non-hydrogen) atoms. The van der Waals surface area contributed by atoms with Gasteiger partial charge >= 0.3 is 0 Å². The molecule has 3 nitrogen and oxygen atoms in total. The fraction of sp³-hybridized carbons (Fsp3) is 0.429. The highest BCUT2D eigenvalue weighted by atomic mass is 16.5. The fourth-order valence-electron chi connectivity index (χ4n) is 2.47. The second-order valence-electron chi connectivity index (χ2n) is 4.59. The first-order valence-corrected chi connectivity index (χ1v) is 6.35. The van der Waals surface area contributed by atoms with Gasteiger partial charge in [-0.25, -0.2) is 0 Å². The Balaban J connectivity index is 1.62. The Morgan fingerprint density at radius 3 is 2.94 bits per heavy atom. The molecule has 1 saturated heterocycles. The standard InChI is InChI=1S/C14H18N2O/c1-2-9-16(8-1)10-11-17-14-5-3-4-13-12(14)6-7-15-13/h3-7,15H,1-2,8-11H2. The maximum absolute atomic E-state index is 5.88. The van der Waals surface area contributed by atoms with E-state index in [1.54, 1.807) is 0 Å². The third kappa shape index (κ3) is 2.29. The van der Waals surface area contributed by atoms with Crippen molar-refractivity contribution < 1.29 is 4.74 Å². The van der Waals surface area contributed by atoms with E-state index in [2.05, 4.69) is 22.0 Å². The van der Waals surface area contributed by atoms with Crippen molar-refractivity contribution >= 4 is 10.9 Å². The van der Waals surface area contributed by atoms with E-state index in [1.165, 1.54) is 31.3 Å². The first-order chi connectivity index (χ1) is 8.43. The van der Waals surface area contributed by atoms with Crippen molar-refractivity contribution in [3.63, 3.8) is 0 Å². The van der Waals surface area contributed by atoms with Crippen LogP contribution in [0.3, 0.4) is 0 Å². The molecule has 1 fully saturated rings. The minimum absolute atomic E-state index is 0.782. The molecule has 0 spiro atoms. The number of rotatable bonds is 4. The second-order valence-corrected chi connectivity index (χ2v) is 4.59. The zero-order valence-corrected chi connectivity index (χ0v) is 9.98. The summed E-state index contributed by atoms with van der Waals surface area (Å²) in [7, 11) is 0. The van der Waals surface area contributed by atoms with Crippen LogP contribution in [0.1, 0.15) is 12.8 Å². The third-order valence-corrected chi connectivity index (χ3v) is 3.42. The summed E-state index contributed by atoms with van der Waals surface area (Å²) in [6.45, 7) is 4.29. The van der Waals surface area contributed by atoms with Crippen LogP contribution in [0.2, 0.25) is 0 Å². The van der Waals surface area contributed by atoms with Crippen molar-refractivity contribution in [1.29, 1.82) is 0 Å². The van der Waals surface area contributed by atoms with Gasteiger partial charge < -0.3 is 9.72 Å². The van der Waals surface area contributed by atoms with Gasteiger partial charge in [0.25, 0.3) is 0 Å². The average molecular weight is 230 g/mol. The number of aromatic amines is 1. The lowest BCUT2D eigenvalue weighted by Crippen LogP contribution is -2.25. The van der Waals surface area contributed by atoms with Gasteiger partial charge in [0, 0.05) is 23.6 Å². The molecule has 0 unspecified atom stereocenters. The van der Waals surface area contributed by atoms with Gasteiger partial charge in [0.05, 0.1) is 0 Å². The van der Waals surface area contributed by atoms with Gasteiger partial charge in [0.15, 0.2) is 0 Å². The van der Waals surface area contributed by atoms with Gasteiger partial charge in [-0.2, -0.15) is 0 Å². The van der Waals surface area contributed by atoms with Crippen LogP contribution in [-0.2, 0) is 0 Å². The van der Waals surface area contributed by atoms with E-state index in [0.29, 0.717) is 0 Å². The molecule has 2 aromatic rings. The zero-order valence-electron chi connectivity index (χ0n) is 9.98. The molecule has 0 saturated carbocycles. The van der Waals surface area contributed by atoms with Gasteiger partial charge in [-0.1, -0.05) is 6.07 Å². The lowest BCUT2D eigenvalue weighted by Gasteiger charge is -2.15. The molecule has 1 aliphatic rings. The molecule has 1 aliphatic heterocycles. The molecular weight excluding hydrogens is 212 g/mol. The lowest BCUT2D eigenvalue weighted by molar-refractivity contribution is 0.239. The molecule has 1 N–H and O–H groups in total. The second kappa shape index (κ2) is 4.80. The minimum Gasteiger partial charge on any atom is -0.492 e. The molecule has 0 atom stereocenters. The van der Waals surface area contributed by atoms with Crippen molar-refractivity contribution in [2.24, 2.45) is 0 Å². The number of nitrogens with zero attached hydrogens (tertiary/aromatic N) is 1. The molecule has 0 amide bonds. The summed E-state index contributed by atoms with van der Waals surface area (Å²) in [5, 5.41) is 1.17. The monoisotopic (exact) mass is 230 g/mol. The maximum atomic E-state index is 5.88. The zero-order chi connectivity index (χ0) is 11.5. The van der Waals surface area contributed by atoms with E-state index >= 15 is 0 Å². The predicted octanol–water partition coefficient (Wildman–Crippen LogP) is 2.64. The number of hydrogen-bond donors (Lipinski definition) is 1. The molecule has 1 aromatic heterocycles. The third-order valence-electron chi connectivity index (χ3n) is 3.42. The highest BCUT2D eigenvalue weighted by Crippen LogP contribution is 2.24. The average Bonchev–Trinajstić information content (AvgIpc) is 2.99. The summed E-state index contributed by atoms with van der Waals surface area (Å²) >= 11 is 0. The normalized spacial score (nSPS) is 16.7. The van der Waals surface area contributed by atoms with E-state index in [9.17, 15) is 0 Å². The van der Waals surface area contributed by atoms with Crippen LogP contribution in [0.25, 0.3) is 10.9 Å². The summed E-state index contributed by atoms with van der Waals surface area (Å²) < 4.78 is 5.88. The first kappa shape index (κ1) is 10.7. The SMILES string of the molecule is c1cc(OCCN2CCCC2)c2cc[nH]c2c1. The Morgan fingerprint density at radius 2 is 2.06 bits per heavy atom. The summed E-state index contributed by atoms with van der Waals surface area (Å²) in [6, 6.07) is 8.22. The molecule has 90 valence electrons. The van der Waals surface area contributed by atoms with Gasteiger partial charge in [0.2, 0.25) is 0 Å². The Morgan fingerprint density at radius 1 is 1.18 bits per heavy atom. The number of benzene rings is 1. The van der Waals surface area contributed by atoms with Crippen LogP contribution in [0.4, 0.5) is 0 Å². The van der Waals surface area contributed by atoms with Crippen molar-refractivity contribution in [2.45, 2.75) is 12.8 Å². The van der Waals surface area contributed by atoms with E-state index in [4.69, 9.17) is 4.74 Å². The van der Waals surface area contributed by atoms with Crippen LogP contribution in [0.5, 0.6) is 5.75 Å². The summed E-state index contributed by atoms with van der Waals surface area (Å²) in [5.74, 6) is 0.989. The molecule has 0 bridgehead atoms. The predicted molar refractivity (Wildman–Crippen MR) is 69.5 cm³/mol. The van der Waals surface area contributed by atoms with Crippen LogP contribution in [0, 0.1) is 0 Å². The van der Waals surface area contributed by atoms with Gasteiger partial charge in [-0.3, -0.25) is 4.90 Å². The fourth-order valence-corrected chi connectivity index (χ4v) is 2.47. The number of hydrogen-bond acceptors (Lipinski definition) is 2. The Hall–Kier alpha value is -1.48. The number of ether oxygens (including phenoxy) is 1. The number of fused-ring (bicyclic) bond motifs is 1. The molecule has 0 radical (unpaired) electrons. The number of H-pyrrole nitrogens is 1. The highest BCUT2D eigenvalue weighted by molar-refractivity contribution is 5.85. The van der Waals surface area contributed by atoms with Crippen LogP contribution < -0.4 is 4.74 Å². The van der Waals surface area contributed by atoms with Crippen molar-refractivity contribution in [3.05, 3.63) is 30.5 Å². The van der Waals surface area contributed by atoms with E-state index in [0.717, 1.165) is 24.4 Å². The maximum Gasteiger partial charge on any atom is 0.128 e. The van der Waals surface area contributed by atoms with E-state index in [1.807, 2.05) is 18.3 Å². The Bertz CT molecular complexity index is 486. The summed E-state index contributed by atoms with van der Waals surface area (Å²) in [4.78, 5) is 5.67. The smallest absolute Gasteiger partial charge is 0.128 e. The van der Waals surface area contributed by atoms with Crippen LogP contribution >= 0.6 is 0 Å². The molecule has 3 heteroatoms. The van der Waals surface area contributed by atoms with Crippen molar-refractivity contribution in [3.8, 4) is 5.75 Å². The molecular formula is C14H18N2O. The Labute approximate surface area is 101 Å². The molecule has 2 heterocycles. The van der Waals surface area contributed by atoms with E-state index in [-0.39, 0.29) is 0 Å². The first-order valence-electron chi connectivity index (χ1n) is 6.35. The largest absolute Gasteiger partial charge is 0.492 e. The summed E-state index contributed by atoms with van der Waals surface area (Å²) in [5.41, 5.74) is 1.14. The lowest BCUT2D eigenvalue weighted by atomic mass is 10.2. The topological polar surface area (TPSA) is 28.3 Å². The quantitative estimate of drug-likeness (QED) is 0.874. The number of nitrogens with one attached hydrogen (secondary N) is 1. The number of likely N-dealkylation sites (tertiary alicyclic amines) is 1. The molecule has 1 aromatic carbocycles. The summed E-state index contributed by atoms with van der Waals surface area (Å²) in [6.07, 6.45) is 4.64. The molecule has 3 rings (SSSR count). The minimum atomic E-state index is 0.782. The van der Waals surface area contributed by atoms with Crippen LogP contribution in [0.15, 0.2) is 30.5 Å². The van der Waals surface area contributed by atoms with Gasteiger partial charge in [-0.05, 0) is 44.1 Å². The highest BCUT2D eigenvalue weighted by Gasteiger charge is 2.11. The van der Waals surface area contributed by atoms with Gasteiger partial charge in [0.1, 0.15) is 12.4 Å². The van der Waals surface area contributed by atoms with Crippen LogP contribution in [-0.4, -0.2) is 36.1 Å². The Kier molecular flexibility index (Phi) is 3.01. The van der Waals surface area contributed by atoms with Gasteiger partial charge in [-0.15, -0.1) is 0 Å². The van der Waals surface area contributed by atoms with Crippen molar-refractivity contribution in [1.82, 2.24) is 9.88 Å². The van der Waals surface area contributed by atoms with E-state index < -0.39 is 0 Å².